The first-order valence-electron chi connectivity index (χ1n) is 4.21. The van der Waals surface area contributed by atoms with Crippen molar-refractivity contribution in [1.82, 2.24) is 0 Å². The number of fused-ring (bicyclic) bond motifs is 2. The molecule has 0 aromatic carbocycles. The molecule has 0 spiro atoms. The van der Waals surface area contributed by atoms with Gasteiger partial charge in [0.1, 0.15) is 0 Å². The minimum atomic E-state index is -0.636. The zero-order valence-corrected chi connectivity index (χ0v) is 7.48. The third kappa shape index (κ3) is 0.643. The van der Waals surface area contributed by atoms with E-state index < -0.39 is 8.07 Å². The molecule has 9 heavy (non-hydrogen) atoms. The Kier molecular flexibility index (Phi) is 1.08. The molecule has 0 aliphatic carbocycles. The first-order valence-corrected chi connectivity index (χ1v) is 7.37. The normalized spacial score (nSPS) is 46.0. The third-order valence-corrected chi connectivity index (χ3v) is 9.20. The monoisotopic (exact) mass is 140 g/mol. The SMILES string of the molecule is C[Si]1(C)C2CCC1CC2. The standard InChI is InChI=1S/C8H16Si/c1-9(2)7-3-4-8(9)6-5-7/h7-8H,3-6H2,1-2H3. The van der Waals surface area contributed by atoms with Crippen molar-refractivity contribution in [2.45, 2.75) is 49.9 Å². The smallest absolute Gasteiger partial charge is 0.0535 e. The van der Waals surface area contributed by atoms with Crippen molar-refractivity contribution in [3.8, 4) is 0 Å². The number of hydrogen-bond donors (Lipinski definition) is 0. The van der Waals surface area contributed by atoms with E-state index in [4.69, 9.17) is 0 Å². The van der Waals surface area contributed by atoms with E-state index in [0.717, 1.165) is 0 Å². The molecule has 1 heteroatoms. The summed E-state index contributed by atoms with van der Waals surface area (Å²) in [4.78, 5) is 0. The lowest BCUT2D eigenvalue weighted by atomic mass is 10.0. The summed E-state index contributed by atoms with van der Waals surface area (Å²) < 4.78 is 0. The molecule has 0 radical (unpaired) electrons. The predicted molar refractivity (Wildman–Crippen MR) is 43.5 cm³/mol. The highest BCUT2D eigenvalue weighted by atomic mass is 28.3. The minimum Gasteiger partial charge on any atom is -0.0689 e. The Hall–Kier alpha value is 0.217. The fraction of sp³-hybridized carbons (Fsp3) is 1.00. The molecular formula is C8H16Si. The van der Waals surface area contributed by atoms with Gasteiger partial charge in [-0.3, -0.25) is 0 Å². The first-order chi connectivity index (χ1) is 4.21. The quantitative estimate of drug-likeness (QED) is 0.454. The first kappa shape index (κ1) is 5.96. The fourth-order valence-corrected chi connectivity index (χ4v) is 7.22. The summed E-state index contributed by atoms with van der Waals surface area (Å²) in [6.45, 7) is 5.20. The van der Waals surface area contributed by atoms with Crippen LogP contribution in [0.3, 0.4) is 0 Å². The van der Waals surface area contributed by atoms with Gasteiger partial charge in [0.2, 0.25) is 0 Å². The van der Waals surface area contributed by atoms with E-state index in [0.29, 0.717) is 0 Å². The highest BCUT2D eigenvalue weighted by Crippen LogP contribution is 2.57. The Morgan fingerprint density at radius 3 is 1.33 bits per heavy atom. The summed E-state index contributed by atoms with van der Waals surface area (Å²) in [5.74, 6) is 0. The van der Waals surface area contributed by atoms with E-state index in [-0.39, 0.29) is 0 Å². The van der Waals surface area contributed by atoms with Crippen molar-refractivity contribution in [2.24, 2.45) is 0 Å². The summed E-state index contributed by atoms with van der Waals surface area (Å²) in [5, 5.41) is 0. The highest BCUT2D eigenvalue weighted by Gasteiger charge is 2.48. The molecule has 0 atom stereocenters. The molecular weight excluding hydrogens is 124 g/mol. The van der Waals surface area contributed by atoms with Crippen LogP contribution in [-0.2, 0) is 0 Å². The molecule has 2 aliphatic heterocycles. The van der Waals surface area contributed by atoms with Crippen molar-refractivity contribution in [2.75, 3.05) is 0 Å². The van der Waals surface area contributed by atoms with Gasteiger partial charge in [-0.2, -0.15) is 0 Å². The largest absolute Gasteiger partial charge is 0.0689 e. The summed E-state index contributed by atoms with van der Waals surface area (Å²) in [7, 11) is -0.636. The summed E-state index contributed by atoms with van der Waals surface area (Å²) in [6.07, 6.45) is 6.35. The topological polar surface area (TPSA) is 0 Å². The van der Waals surface area contributed by atoms with E-state index in [9.17, 15) is 0 Å². The fourth-order valence-electron chi connectivity index (χ4n) is 2.91. The molecule has 52 valence electrons. The average Bonchev–Trinajstić information content (AvgIpc) is 2.24. The molecule has 2 rings (SSSR count). The summed E-state index contributed by atoms with van der Waals surface area (Å²) >= 11 is 0. The Balaban J connectivity index is 2.26. The summed E-state index contributed by atoms with van der Waals surface area (Å²) in [5.41, 5.74) is 2.45. The van der Waals surface area contributed by atoms with Crippen molar-refractivity contribution < 1.29 is 0 Å². The van der Waals surface area contributed by atoms with Crippen LogP contribution in [0.5, 0.6) is 0 Å². The Morgan fingerprint density at radius 1 is 0.889 bits per heavy atom. The highest BCUT2D eigenvalue weighted by molar-refractivity contribution is 6.81. The Labute approximate surface area is 58.7 Å². The molecule has 2 saturated heterocycles. The maximum atomic E-state index is 2.60. The maximum Gasteiger partial charge on any atom is 0.0535 e. The lowest BCUT2D eigenvalue weighted by molar-refractivity contribution is 0.565. The van der Waals surface area contributed by atoms with Gasteiger partial charge in [0, 0.05) is 0 Å². The minimum absolute atomic E-state index is 0.636. The zero-order valence-electron chi connectivity index (χ0n) is 6.48. The van der Waals surface area contributed by atoms with Crippen LogP contribution in [-0.4, -0.2) is 8.07 Å². The van der Waals surface area contributed by atoms with Crippen LogP contribution in [0.15, 0.2) is 0 Å². The van der Waals surface area contributed by atoms with Crippen LogP contribution in [0.25, 0.3) is 0 Å². The molecule has 2 aliphatic rings. The number of hydrogen-bond acceptors (Lipinski definition) is 0. The van der Waals surface area contributed by atoms with Crippen LogP contribution < -0.4 is 0 Å². The lowest BCUT2D eigenvalue weighted by Gasteiger charge is -2.20. The van der Waals surface area contributed by atoms with Crippen molar-refractivity contribution in [3.63, 3.8) is 0 Å². The summed E-state index contributed by atoms with van der Waals surface area (Å²) in [6, 6.07) is 0. The van der Waals surface area contributed by atoms with Gasteiger partial charge >= 0.3 is 0 Å². The molecule has 2 bridgehead atoms. The van der Waals surface area contributed by atoms with Gasteiger partial charge in [-0.05, 0) is 11.1 Å². The van der Waals surface area contributed by atoms with Gasteiger partial charge in [0.25, 0.3) is 0 Å². The maximum absolute atomic E-state index is 2.60. The Morgan fingerprint density at radius 2 is 1.22 bits per heavy atom. The van der Waals surface area contributed by atoms with Crippen LogP contribution >= 0.6 is 0 Å². The predicted octanol–water partition coefficient (Wildman–Crippen LogP) is 3.02. The molecule has 0 aromatic heterocycles. The van der Waals surface area contributed by atoms with Crippen LogP contribution in [0.4, 0.5) is 0 Å². The average molecular weight is 140 g/mol. The van der Waals surface area contributed by atoms with E-state index in [1.54, 1.807) is 25.7 Å². The molecule has 0 nitrogen and oxygen atoms in total. The molecule has 0 amide bonds. The van der Waals surface area contributed by atoms with Gasteiger partial charge in [-0.1, -0.05) is 38.8 Å². The van der Waals surface area contributed by atoms with Gasteiger partial charge in [-0.15, -0.1) is 0 Å². The van der Waals surface area contributed by atoms with Crippen LogP contribution in [0.1, 0.15) is 25.7 Å². The zero-order chi connectivity index (χ0) is 6.48. The second-order valence-electron chi connectivity index (χ2n) is 4.37. The molecule has 2 heterocycles. The van der Waals surface area contributed by atoms with Crippen LogP contribution in [0.2, 0.25) is 24.2 Å². The molecule has 2 fully saturated rings. The third-order valence-electron chi connectivity index (χ3n) is 3.83. The lowest BCUT2D eigenvalue weighted by Crippen LogP contribution is -2.25. The van der Waals surface area contributed by atoms with E-state index in [1.165, 1.54) is 11.1 Å². The van der Waals surface area contributed by atoms with E-state index in [2.05, 4.69) is 13.1 Å². The van der Waals surface area contributed by atoms with Crippen molar-refractivity contribution in [3.05, 3.63) is 0 Å². The second-order valence-corrected chi connectivity index (χ2v) is 9.65. The molecule has 0 saturated carbocycles. The Bertz CT molecular complexity index is 107. The van der Waals surface area contributed by atoms with Gasteiger partial charge in [-0.25, -0.2) is 0 Å². The van der Waals surface area contributed by atoms with Crippen LogP contribution in [0, 0.1) is 0 Å². The molecule has 0 aromatic rings. The van der Waals surface area contributed by atoms with E-state index in [1.807, 2.05) is 0 Å². The van der Waals surface area contributed by atoms with Crippen molar-refractivity contribution >= 4 is 8.07 Å². The molecule has 0 N–H and O–H groups in total. The number of rotatable bonds is 0. The van der Waals surface area contributed by atoms with Gasteiger partial charge in [0.05, 0.1) is 8.07 Å². The second kappa shape index (κ2) is 1.63. The van der Waals surface area contributed by atoms with Gasteiger partial charge < -0.3 is 0 Å². The van der Waals surface area contributed by atoms with E-state index >= 15 is 0 Å². The van der Waals surface area contributed by atoms with Crippen molar-refractivity contribution in [1.29, 1.82) is 0 Å². The molecule has 0 unspecified atom stereocenters. The van der Waals surface area contributed by atoms with Gasteiger partial charge in [0.15, 0.2) is 0 Å².